The molecular weight excluding hydrogens is 326 g/mol. The van der Waals surface area contributed by atoms with E-state index < -0.39 is 0 Å². The molecule has 0 aliphatic carbocycles. The molecule has 0 bridgehead atoms. The molecule has 0 spiro atoms. The molecule has 0 unspecified atom stereocenters. The van der Waals surface area contributed by atoms with Gasteiger partial charge in [0.15, 0.2) is 0 Å². The quantitative estimate of drug-likeness (QED) is 0.751. The van der Waals surface area contributed by atoms with Crippen molar-refractivity contribution in [3.63, 3.8) is 0 Å². The predicted octanol–water partition coefficient (Wildman–Crippen LogP) is 2.31. The summed E-state index contributed by atoms with van der Waals surface area (Å²) < 4.78 is 0. The van der Waals surface area contributed by atoms with Crippen LogP contribution < -0.4 is 16.0 Å². The number of nitrogens with one attached hydrogen (secondary N) is 3. The highest BCUT2D eigenvalue weighted by atomic mass is 32.1. The fraction of sp³-hybridized carbons (Fsp3) is 0.235. The van der Waals surface area contributed by atoms with Crippen molar-refractivity contribution in [3.8, 4) is 0 Å². The van der Waals surface area contributed by atoms with E-state index in [-0.39, 0.29) is 30.2 Å². The van der Waals surface area contributed by atoms with Gasteiger partial charge in [-0.25, -0.2) is 0 Å². The second kappa shape index (κ2) is 8.26. The van der Waals surface area contributed by atoms with Gasteiger partial charge in [-0.05, 0) is 29.6 Å². The highest BCUT2D eigenvalue weighted by Gasteiger charge is 2.18. The molecule has 3 N–H and O–H groups in total. The van der Waals surface area contributed by atoms with Gasteiger partial charge in [0.25, 0.3) is 5.91 Å². The zero-order chi connectivity index (χ0) is 17.5. The average molecular weight is 345 g/mol. The van der Waals surface area contributed by atoms with Crippen molar-refractivity contribution in [3.05, 3.63) is 52.2 Å². The maximum Gasteiger partial charge on any atom is 0.251 e. The Morgan fingerprint density at radius 1 is 1.17 bits per heavy atom. The molecule has 1 aromatic carbocycles. The van der Waals surface area contributed by atoms with Crippen molar-refractivity contribution in [2.24, 2.45) is 0 Å². The van der Waals surface area contributed by atoms with Crippen molar-refractivity contribution in [1.82, 2.24) is 10.6 Å². The number of anilines is 1. The van der Waals surface area contributed by atoms with Gasteiger partial charge in [0.2, 0.25) is 11.8 Å². The van der Waals surface area contributed by atoms with E-state index in [0.717, 1.165) is 4.88 Å². The monoisotopic (exact) mass is 345 g/mol. The third-order valence-electron chi connectivity index (χ3n) is 3.29. The van der Waals surface area contributed by atoms with Crippen LogP contribution in [0.25, 0.3) is 0 Å². The van der Waals surface area contributed by atoms with Crippen LogP contribution in [0.2, 0.25) is 0 Å². The number of rotatable bonds is 6. The minimum atomic E-state index is -0.371. The fourth-order valence-electron chi connectivity index (χ4n) is 2.24. The van der Waals surface area contributed by atoms with Gasteiger partial charge in [-0.15, -0.1) is 11.3 Å². The van der Waals surface area contributed by atoms with Gasteiger partial charge in [-0.1, -0.05) is 12.1 Å². The van der Waals surface area contributed by atoms with Crippen LogP contribution in [0.1, 0.15) is 34.6 Å². The lowest BCUT2D eigenvalue weighted by molar-refractivity contribution is -0.120. The molecule has 1 heterocycles. The zero-order valence-corrected chi connectivity index (χ0v) is 14.3. The minimum Gasteiger partial charge on any atom is -0.355 e. The average Bonchev–Trinajstić information content (AvgIpc) is 3.07. The molecule has 0 aliphatic rings. The summed E-state index contributed by atoms with van der Waals surface area (Å²) in [6, 6.07) is 10.1. The Morgan fingerprint density at radius 2 is 1.96 bits per heavy atom. The number of amides is 3. The van der Waals surface area contributed by atoms with Crippen molar-refractivity contribution in [1.29, 1.82) is 0 Å². The Morgan fingerprint density at radius 3 is 2.58 bits per heavy atom. The normalized spacial score (nSPS) is 11.4. The van der Waals surface area contributed by atoms with Crippen LogP contribution in [0.15, 0.2) is 41.8 Å². The maximum absolute atomic E-state index is 12.3. The molecule has 6 nitrogen and oxygen atoms in total. The molecule has 1 atom stereocenters. The molecule has 2 rings (SSSR count). The fourth-order valence-corrected chi connectivity index (χ4v) is 3.02. The second-order valence-electron chi connectivity index (χ2n) is 5.18. The lowest BCUT2D eigenvalue weighted by Crippen LogP contribution is -2.29. The largest absolute Gasteiger partial charge is 0.355 e. The van der Waals surface area contributed by atoms with E-state index in [1.165, 1.54) is 18.3 Å². The molecular formula is C17H19N3O3S. The van der Waals surface area contributed by atoms with Crippen molar-refractivity contribution >= 4 is 34.7 Å². The summed E-state index contributed by atoms with van der Waals surface area (Å²) in [6.45, 7) is 1.42. The van der Waals surface area contributed by atoms with Gasteiger partial charge < -0.3 is 16.0 Å². The van der Waals surface area contributed by atoms with Gasteiger partial charge in [0.1, 0.15) is 0 Å². The third-order valence-corrected chi connectivity index (χ3v) is 4.28. The molecule has 2 aromatic rings. The highest BCUT2D eigenvalue weighted by Crippen LogP contribution is 2.23. The summed E-state index contributed by atoms with van der Waals surface area (Å²) in [4.78, 5) is 36.2. The first-order valence-corrected chi connectivity index (χ1v) is 8.30. The van der Waals surface area contributed by atoms with Gasteiger partial charge in [-0.3, -0.25) is 14.4 Å². The molecule has 7 heteroatoms. The van der Waals surface area contributed by atoms with Crippen LogP contribution in [0.3, 0.4) is 0 Å². The van der Waals surface area contributed by atoms with E-state index in [9.17, 15) is 14.4 Å². The van der Waals surface area contributed by atoms with E-state index in [2.05, 4.69) is 16.0 Å². The molecule has 0 radical (unpaired) electrons. The van der Waals surface area contributed by atoms with Crippen LogP contribution >= 0.6 is 11.3 Å². The number of benzene rings is 1. The van der Waals surface area contributed by atoms with Gasteiger partial charge in [-0.2, -0.15) is 0 Å². The third kappa shape index (κ3) is 4.92. The molecule has 3 amide bonds. The van der Waals surface area contributed by atoms with Gasteiger partial charge in [0, 0.05) is 30.1 Å². The first-order chi connectivity index (χ1) is 11.5. The molecule has 0 fully saturated rings. The van der Waals surface area contributed by atoms with Crippen molar-refractivity contribution in [2.75, 3.05) is 12.4 Å². The lowest BCUT2D eigenvalue weighted by Gasteiger charge is -2.16. The van der Waals surface area contributed by atoms with Crippen molar-refractivity contribution < 1.29 is 14.4 Å². The Labute approximate surface area is 144 Å². The van der Waals surface area contributed by atoms with E-state index in [1.807, 2.05) is 17.5 Å². The van der Waals surface area contributed by atoms with Crippen LogP contribution in [0, 0.1) is 0 Å². The Kier molecular flexibility index (Phi) is 6.08. The Balaban J connectivity index is 2.05. The summed E-state index contributed by atoms with van der Waals surface area (Å²) >= 11 is 1.48. The molecule has 0 saturated heterocycles. The van der Waals surface area contributed by atoms with Crippen molar-refractivity contribution in [2.45, 2.75) is 19.4 Å². The summed E-state index contributed by atoms with van der Waals surface area (Å²) in [6.07, 6.45) is 0.115. The van der Waals surface area contributed by atoms with E-state index in [1.54, 1.807) is 31.3 Å². The zero-order valence-electron chi connectivity index (χ0n) is 13.5. The van der Waals surface area contributed by atoms with Crippen LogP contribution in [0.4, 0.5) is 5.69 Å². The lowest BCUT2D eigenvalue weighted by atomic mass is 10.1. The van der Waals surface area contributed by atoms with E-state index >= 15 is 0 Å². The summed E-state index contributed by atoms with van der Waals surface area (Å²) in [7, 11) is 1.55. The molecule has 0 aliphatic heterocycles. The minimum absolute atomic E-state index is 0.115. The summed E-state index contributed by atoms with van der Waals surface area (Å²) in [5.74, 6) is -0.653. The van der Waals surface area contributed by atoms with Crippen LogP contribution in [-0.4, -0.2) is 24.8 Å². The number of hydrogen-bond acceptors (Lipinski definition) is 4. The predicted molar refractivity (Wildman–Crippen MR) is 94.0 cm³/mol. The number of carbonyl (C=O) groups excluding carboxylic acids is 3. The van der Waals surface area contributed by atoms with Gasteiger partial charge >= 0.3 is 0 Å². The maximum atomic E-state index is 12.3. The SMILES string of the molecule is CNC(=O)c1cccc(NC(=O)C[C@H](NC(C)=O)c2cccs2)c1. The number of carbonyl (C=O) groups is 3. The van der Waals surface area contributed by atoms with Gasteiger partial charge in [0.05, 0.1) is 12.5 Å². The summed E-state index contributed by atoms with van der Waals surface area (Å²) in [5, 5.41) is 9.98. The van der Waals surface area contributed by atoms with Crippen LogP contribution in [-0.2, 0) is 9.59 Å². The molecule has 0 saturated carbocycles. The molecule has 24 heavy (non-hydrogen) atoms. The first-order valence-electron chi connectivity index (χ1n) is 7.42. The number of hydrogen-bond donors (Lipinski definition) is 3. The first kappa shape index (κ1) is 17.7. The van der Waals surface area contributed by atoms with E-state index in [0.29, 0.717) is 11.3 Å². The smallest absolute Gasteiger partial charge is 0.251 e. The summed E-state index contributed by atoms with van der Waals surface area (Å²) in [5.41, 5.74) is 1.00. The Hall–Kier alpha value is -2.67. The van der Waals surface area contributed by atoms with E-state index in [4.69, 9.17) is 0 Å². The molecule has 126 valence electrons. The standard InChI is InChI=1S/C17H19N3O3S/c1-11(21)19-14(15-7-4-8-24-15)10-16(22)20-13-6-3-5-12(9-13)17(23)18-2/h3-9,14H,10H2,1-2H3,(H,18,23)(H,19,21)(H,20,22)/t14-/m0/s1. The second-order valence-corrected chi connectivity index (χ2v) is 6.16. The van der Waals surface area contributed by atoms with Crippen LogP contribution in [0.5, 0.6) is 0 Å². The number of thiophene rings is 1. The highest BCUT2D eigenvalue weighted by molar-refractivity contribution is 7.10. The Bertz CT molecular complexity index is 728. The topological polar surface area (TPSA) is 87.3 Å². The molecule has 1 aromatic heterocycles.